The average molecular weight is 350 g/mol. The first-order chi connectivity index (χ1) is 13.4. The number of pyridine rings is 2. The van der Waals surface area contributed by atoms with E-state index < -0.39 is 0 Å². The van der Waals surface area contributed by atoms with Gasteiger partial charge in [-0.05, 0) is 41.8 Å². The minimum Gasteiger partial charge on any atom is -0.476 e. The van der Waals surface area contributed by atoms with Gasteiger partial charge in [-0.15, -0.1) is 0 Å². The summed E-state index contributed by atoms with van der Waals surface area (Å²) in [5.74, 6) is 1.60. The lowest BCUT2D eigenvalue weighted by Gasteiger charge is -2.28. The van der Waals surface area contributed by atoms with Crippen molar-refractivity contribution in [3.8, 4) is 17.0 Å². The Kier molecular flexibility index (Phi) is 2.91. The van der Waals surface area contributed by atoms with Crippen molar-refractivity contribution < 1.29 is 9.15 Å². The highest BCUT2D eigenvalue weighted by molar-refractivity contribution is 5.96. The van der Waals surface area contributed by atoms with Crippen molar-refractivity contribution in [2.45, 2.75) is 6.10 Å². The number of fused-ring (bicyclic) bond motifs is 6. The van der Waals surface area contributed by atoms with Crippen LogP contribution in [0.4, 0.5) is 0 Å². The first kappa shape index (κ1) is 14.5. The zero-order valence-corrected chi connectivity index (χ0v) is 14.3. The molecule has 0 amide bonds. The van der Waals surface area contributed by atoms with Gasteiger partial charge in [0.1, 0.15) is 11.5 Å². The molecule has 0 fully saturated rings. The molecule has 4 heteroatoms. The Morgan fingerprint density at radius 1 is 0.852 bits per heavy atom. The summed E-state index contributed by atoms with van der Waals surface area (Å²) in [5, 5.41) is 3.19. The summed E-state index contributed by atoms with van der Waals surface area (Å²) in [7, 11) is 0. The van der Waals surface area contributed by atoms with Crippen LogP contribution in [-0.4, -0.2) is 9.97 Å². The van der Waals surface area contributed by atoms with Crippen molar-refractivity contribution in [1.29, 1.82) is 0 Å². The highest BCUT2D eigenvalue weighted by Crippen LogP contribution is 2.47. The topological polar surface area (TPSA) is 48.2 Å². The molecule has 0 saturated carbocycles. The first-order valence-corrected chi connectivity index (χ1v) is 8.86. The van der Waals surface area contributed by atoms with Crippen molar-refractivity contribution in [3.05, 3.63) is 90.5 Å². The highest BCUT2D eigenvalue weighted by Gasteiger charge is 2.32. The molecule has 27 heavy (non-hydrogen) atoms. The van der Waals surface area contributed by atoms with Crippen molar-refractivity contribution >= 4 is 21.8 Å². The Morgan fingerprint density at radius 3 is 2.70 bits per heavy atom. The van der Waals surface area contributed by atoms with Crippen LogP contribution in [0.3, 0.4) is 0 Å². The van der Waals surface area contributed by atoms with E-state index in [1.54, 1.807) is 12.5 Å². The highest BCUT2D eigenvalue weighted by atomic mass is 16.5. The molecule has 1 aliphatic heterocycles. The molecule has 4 nitrogen and oxygen atoms in total. The van der Waals surface area contributed by atoms with Gasteiger partial charge < -0.3 is 9.15 Å². The van der Waals surface area contributed by atoms with Crippen molar-refractivity contribution in [1.82, 2.24) is 9.97 Å². The van der Waals surface area contributed by atoms with Crippen LogP contribution in [0.1, 0.15) is 17.4 Å². The van der Waals surface area contributed by atoms with Gasteiger partial charge in [0, 0.05) is 28.1 Å². The maximum absolute atomic E-state index is 6.51. The maximum Gasteiger partial charge on any atom is 0.183 e. The molecule has 0 saturated heterocycles. The van der Waals surface area contributed by atoms with E-state index in [1.165, 1.54) is 0 Å². The van der Waals surface area contributed by atoms with E-state index >= 15 is 0 Å². The van der Waals surface area contributed by atoms with E-state index in [1.807, 2.05) is 36.4 Å². The van der Waals surface area contributed by atoms with Crippen LogP contribution in [0.5, 0.6) is 5.75 Å². The van der Waals surface area contributed by atoms with E-state index in [2.05, 4.69) is 35.3 Å². The summed E-state index contributed by atoms with van der Waals surface area (Å²) in [5.41, 5.74) is 3.61. The first-order valence-electron chi connectivity index (χ1n) is 8.86. The summed E-state index contributed by atoms with van der Waals surface area (Å²) < 4.78 is 12.2. The van der Waals surface area contributed by atoms with Crippen LogP contribution in [0.15, 0.2) is 83.6 Å². The van der Waals surface area contributed by atoms with Gasteiger partial charge in [-0.3, -0.25) is 0 Å². The molecule has 1 aliphatic rings. The van der Waals surface area contributed by atoms with Crippen LogP contribution >= 0.6 is 0 Å². The zero-order valence-electron chi connectivity index (χ0n) is 14.3. The molecule has 0 bridgehead atoms. The molecule has 128 valence electrons. The molecule has 0 N–H and O–H groups in total. The summed E-state index contributed by atoms with van der Waals surface area (Å²) >= 11 is 0. The van der Waals surface area contributed by atoms with Crippen LogP contribution < -0.4 is 4.74 Å². The molecule has 4 heterocycles. The molecule has 5 aromatic rings. The molecule has 3 aromatic heterocycles. The fourth-order valence-electron chi connectivity index (χ4n) is 3.83. The molecule has 6 rings (SSSR count). The Bertz CT molecular complexity index is 1310. The number of hydrogen-bond acceptors (Lipinski definition) is 4. The molecule has 1 atom stereocenters. The number of nitrogens with zero attached hydrogens (tertiary/aromatic N) is 2. The number of furan rings is 1. The van der Waals surface area contributed by atoms with Crippen LogP contribution in [-0.2, 0) is 0 Å². The fraction of sp³-hybridized carbons (Fsp3) is 0.0435. The predicted molar refractivity (Wildman–Crippen MR) is 104 cm³/mol. The second-order valence-electron chi connectivity index (χ2n) is 6.65. The Balaban J connectivity index is 1.72. The van der Waals surface area contributed by atoms with Gasteiger partial charge in [0.25, 0.3) is 0 Å². The Morgan fingerprint density at radius 2 is 1.78 bits per heavy atom. The van der Waals surface area contributed by atoms with Crippen molar-refractivity contribution in [3.63, 3.8) is 0 Å². The molecular weight excluding hydrogens is 336 g/mol. The van der Waals surface area contributed by atoms with Crippen LogP contribution in [0.25, 0.3) is 33.1 Å². The lowest BCUT2D eigenvalue weighted by Crippen LogP contribution is -2.16. The van der Waals surface area contributed by atoms with Gasteiger partial charge in [-0.1, -0.05) is 30.3 Å². The number of rotatable bonds is 1. The van der Waals surface area contributed by atoms with Gasteiger partial charge in [-0.25, -0.2) is 9.97 Å². The summed E-state index contributed by atoms with van der Waals surface area (Å²) in [6, 6.07) is 22.3. The molecule has 2 aromatic carbocycles. The minimum atomic E-state index is -0.342. The van der Waals surface area contributed by atoms with E-state index in [9.17, 15) is 0 Å². The lowest BCUT2D eigenvalue weighted by atomic mass is 9.93. The van der Waals surface area contributed by atoms with Gasteiger partial charge in [0.2, 0.25) is 0 Å². The standard InChI is InChI=1S/C23H14N2O2/c1-2-7-16-14(5-1)9-10-17-20-18(13-15-6-3-11-24-23(15)25-20)22(27-21(16)17)19-8-4-12-26-19/h1-13,22H. The third kappa shape index (κ3) is 2.10. The van der Waals surface area contributed by atoms with Gasteiger partial charge >= 0.3 is 0 Å². The van der Waals surface area contributed by atoms with E-state index in [0.29, 0.717) is 0 Å². The number of benzene rings is 2. The summed E-state index contributed by atoms with van der Waals surface area (Å²) in [6.45, 7) is 0. The van der Waals surface area contributed by atoms with E-state index in [-0.39, 0.29) is 6.10 Å². The Hall–Kier alpha value is -3.66. The van der Waals surface area contributed by atoms with E-state index in [4.69, 9.17) is 14.1 Å². The maximum atomic E-state index is 6.51. The smallest absolute Gasteiger partial charge is 0.183 e. The molecule has 0 aliphatic carbocycles. The normalized spacial score (nSPS) is 15.3. The average Bonchev–Trinajstić information content (AvgIpc) is 3.26. The lowest BCUT2D eigenvalue weighted by molar-refractivity contribution is 0.214. The molecule has 0 spiro atoms. The third-order valence-corrected chi connectivity index (χ3v) is 5.07. The zero-order chi connectivity index (χ0) is 17.8. The van der Waals surface area contributed by atoms with Crippen molar-refractivity contribution in [2.75, 3.05) is 0 Å². The van der Waals surface area contributed by atoms with E-state index in [0.717, 1.165) is 50.1 Å². The van der Waals surface area contributed by atoms with Gasteiger partial charge in [0.05, 0.1) is 12.0 Å². The second-order valence-corrected chi connectivity index (χ2v) is 6.65. The largest absolute Gasteiger partial charge is 0.476 e. The minimum absolute atomic E-state index is 0.342. The summed E-state index contributed by atoms with van der Waals surface area (Å²) in [6.07, 6.45) is 3.10. The monoisotopic (exact) mass is 350 g/mol. The number of aromatic nitrogens is 2. The summed E-state index contributed by atoms with van der Waals surface area (Å²) in [4.78, 5) is 9.33. The molecule has 0 radical (unpaired) electrons. The molecule has 1 unspecified atom stereocenters. The number of hydrogen-bond donors (Lipinski definition) is 0. The van der Waals surface area contributed by atoms with Crippen LogP contribution in [0.2, 0.25) is 0 Å². The SMILES string of the molecule is c1coc(C2Oc3c(ccc4ccccc34)-c3nc4ncccc4cc32)c1. The number of ether oxygens (including phenoxy) is 1. The van der Waals surface area contributed by atoms with Crippen LogP contribution in [0, 0.1) is 0 Å². The predicted octanol–water partition coefficient (Wildman–Crippen LogP) is 5.52. The Labute approximate surface area is 155 Å². The second kappa shape index (κ2) is 5.42. The van der Waals surface area contributed by atoms with Crippen molar-refractivity contribution in [2.24, 2.45) is 0 Å². The third-order valence-electron chi connectivity index (χ3n) is 5.07. The molecular formula is C23H14N2O2. The fourth-order valence-corrected chi connectivity index (χ4v) is 3.83. The van der Waals surface area contributed by atoms with Gasteiger partial charge in [-0.2, -0.15) is 0 Å². The quantitative estimate of drug-likeness (QED) is 0.399. The van der Waals surface area contributed by atoms with Gasteiger partial charge in [0.15, 0.2) is 11.8 Å².